The maximum absolute atomic E-state index is 12.1. The Balaban J connectivity index is 1.42. The fraction of sp³-hybridized carbons (Fsp3) is 0.250. The predicted molar refractivity (Wildman–Crippen MR) is 101 cm³/mol. The standard InChI is InChI=1S/C20H21N3O5/c1-21-19(25)14-4-2-3-13(9-14)7-8-22-18(24)11-23-20(26)15-5-6-16-17(10-15)28-12-27-16/h2-6,9-10H,7-8,11-12H2,1H3,(H,21,25)(H,22,24)(H,23,26). The van der Waals surface area contributed by atoms with Crippen LogP contribution < -0.4 is 25.4 Å². The predicted octanol–water partition coefficient (Wildman–Crippen LogP) is 0.864. The maximum atomic E-state index is 12.1. The largest absolute Gasteiger partial charge is 0.454 e. The van der Waals surface area contributed by atoms with Crippen LogP contribution in [-0.4, -0.2) is 44.7 Å². The molecule has 146 valence electrons. The number of carbonyl (C=O) groups excluding carboxylic acids is 3. The molecule has 3 amide bonds. The van der Waals surface area contributed by atoms with Crippen LogP contribution in [0.2, 0.25) is 0 Å². The average molecular weight is 383 g/mol. The second-order valence-electron chi connectivity index (χ2n) is 6.13. The summed E-state index contributed by atoms with van der Waals surface area (Å²) < 4.78 is 10.4. The van der Waals surface area contributed by atoms with Crippen molar-refractivity contribution in [2.45, 2.75) is 6.42 Å². The van der Waals surface area contributed by atoms with Crippen molar-refractivity contribution in [3.05, 3.63) is 59.2 Å². The van der Waals surface area contributed by atoms with Gasteiger partial charge in [-0.2, -0.15) is 0 Å². The first kappa shape index (κ1) is 19.2. The number of ether oxygens (including phenoxy) is 2. The molecule has 1 heterocycles. The molecule has 0 spiro atoms. The molecule has 8 heteroatoms. The van der Waals surface area contributed by atoms with Gasteiger partial charge in [0, 0.05) is 24.7 Å². The van der Waals surface area contributed by atoms with E-state index in [2.05, 4.69) is 16.0 Å². The van der Waals surface area contributed by atoms with E-state index in [1.54, 1.807) is 43.4 Å². The van der Waals surface area contributed by atoms with Gasteiger partial charge in [0.1, 0.15) is 0 Å². The van der Waals surface area contributed by atoms with Crippen LogP contribution in [0, 0.1) is 0 Å². The Morgan fingerprint density at radius 3 is 2.54 bits per heavy atom. The van der Waals surface area contributed by atoms with E-state index in [9.17, 15) is 14.4 Å². The lowest BCUT2D eigenvalue weighted by Crippen LogP contribution is -2.37. The molecule has 0 unspecified atom stereocenters. The van der Waals surface area contributed by atoms with Crippen LogP contribution in [0.3, 0.4) is 0 Å². The summed E-state index contributed by atoms with van der Waals surface area (Å²) in [4.78, 5) is 35.7. The second kappa shape index (κ2) is 8.90. The van der Waals surface area contributed by atoms with E-state index in [-0.39, 0.29) is 31.1 Å². The molecule has 28 heavy (non-hydrogen) atoms. The van der Waals surface area contributed by atoms with E-state index >= 15 is 0 Å². The van der Waals surface area contributed by atoms with Gasteiger partial charge in [0.15, 0.2) is 11.5 Å². The van der Waals surface area contributed by atoms with Gasteiger partial charge in [0.2, 0.25) is 12.7 Å². The lowest BCUT2D eigenvalue weighted by Gasteiger charge is -2.08. The fourth-order valence-electron chi connectivity index (χ4n) is 2.72. The number of rotatable bonds is 7. The number of hydrogen-bond acceptors (Lipinski definition) is 5. The van der Waals surface area contributed by atoms with Crippen LogP contribution in [0.1, 0.15) is 26.3 Å². The molecular formula is C20H21N3O5. The van der Waals surface area contributed by atoms with E-state index in [0.717, 1.165) is 5.56 Å². The third-order valence-corrected chi connectivity index (χ3v) is 4.20. The number of nitrogens with one attached hydrogen (secondary N) is 3. The van der Waals surface area contributed by atoms with Crippen molar-refractivity contribution in [1.82, 2.24) is 16.0 Å². The summed E-state index contributed by atoms with van der Waals surface area (Å²) in [6, 6.07) is 12.0. The molecule has 1 aliphatic heterocycles. The molecule has 0 aliphatic carbocycles. The minimum atomic E-state index is -0.369. The molecular weight excluding hydrogens is 362 g/mol. The number of carbonyl (C=O) groups is 3. The molecule has 0 saturated carbocycles. The topological polar surface area (TPSA) is 106 Å². The molecule has 8 nitrogen and oxygen atoms in total. The summed E-state index contributed by atoms with van der Waals surface area (Å²) in [6.07, 6.45) is 0.576. The van der Waals surface area contributed by atoms with Gasteiger partial charge in [-0.3, -0.25) is 14.4 Å². The molecule has 0 aromatic heterocycles. The van der Waals surface area contributed by atoms with Crippen LogP contribution >= 0.6 is 0 Å². The van der Waals surface area contributed by atoms with E-state index in [1.165, 1.54) is 0 Å². The Morgan fingerprint density at radius 1 is 0.929 bits per heavy atom. The first-order chi connectivity index (χ1) is 13.6. The number of amides is 3. The molecule has 0 saturated heterocycles. The number of hydrogen-bond donors (Lipinski definition) is 3. The van der Waals surface area contributed by atoms with Crippen molar-refractivity contribution in [2.75, 3.05) is 26.9 Å². The van der Waals surface area contributed by atoms with Gasteiger partial charge in [-0.15, -0.1) is 0 Å². The lowest BCUT2D eigenvalue weighted by molar-refractivity contribution is -0.120. The third-order valence-electron chi connectivity index (χ3n) is 4.20. The summed E-state index contributed by atoms with van der Waals surface area (Å²) >= 11 is 0. The van der Waals surface area contributed by atoms with Crippen molar-refractivity contribution in [2.24, 2.45) is 0 Å². The zero-order valence-corrected chi connectivity index (χ0v) is 15.4. The molecule has 2 aromatic rings. The van der Waals surface area contributed by atoms with Gasteiger partial charge in [0.05, 0.1) is 6.54 Å². The lowest BCUT2D eigenvalue weighted by atomic mass is 10.1. The Hall–Kier alpha value is -3.55. The SMILES string of the molecule is CNC(=O)c1cccc(CCNC(=O)CNC(=O)c2ccc3c(c2)OCO3)c1. The Labute approximate surface area is 162 Å². The van der Waals surface area contributed by atoms with Crippen molar-refractivity contribution >= 4 is 17.7 Å². The molecule has 0 fully saturated rings. The first-order valence-electron chi connectivity index (χ1n) is 8.82. The number of fused-ring (bicyclic) bond motifs is 1. The highest BCUT2D eigenvalue weighted by atomic mass is 16.7. The monoisotopic (exact) mass is 383 g/mol. The summed E-state index contributed by atoms with van der Waals surface area (Å²) in [7, 11) is 1.58. The summed E-state index contributed by atoms with van der Waals surface area (Å²) in [5, 5.41) is 7.89. The van der Waals surface area contributed by atoms with E-state index in [4.69, 9.17) is 9.47 Å². The molecule has 0 bridgehead atoms. The summed E-state index contributed by atoms with van der Waals surface area (Å²) in [5.41, 5.74) is 1.90. The normalized spacial score (nSPS) is 11.6. The van der Waals surface area contributed by atoms with Crippen molar-refractivity contribution < 1.29 is 23.9 Å². The molecule has 3 N–H and O–H groups in total. The van der Waals surface area contributed by atoms with Gasteiger partial charge < -0.3 is 25.4 Å². The van der Waals surface area contributed by atoms with Crippen LogP contribution in [0.25, 0.3) is 0 Å². The van der Waals surface area contributed by atoms with Gasteiger partial charge in [-0.05, 0) is 42.3 Å². The van der Waals surface area contributed by atoms with Crippen LogP contribution in [-0.2, 0) is 11.2 Å². The molecule has 2 aromatic carbocycles. The molecule has 0 radical (unpaired) electrons. The van der Waals surface area contributed by atoms with Crippen LogP contribution in [0.4, 0.5) is 0 Å². The fourth-order valence-corrected chi connectivity index (χ4v) is 2.72. The van der Waals surface area contributed by atoms with Gasteiger partial charge in [-0.25, -0.2) is 0 Å². The van der Waals surface area contributed by atoms with Gasteiger partial charge in [-0.1, -0.05) is 12.1 Å². The Kier molecular flexibility index (Phi) is 6.11. The first-order valence-corrected chi connectivity index (χ1v) is 8.82. The average Bonchev–Trinajstić information content (AvgIpc) is 3.19. The summed E-state index contributed by atoms with van der Waals surface area (Å²) in [5.74, 6) is 0.284. The van der Waals surface area contributed by atoms with Crippen molar-refractivity contribution in [3.8, 4) is 11.5 Å². The van der Waals surface area contributed by atoms with E-state index < -0.39 is 0 Å². The van der Waals surface area contributed by atoms with Crippen molar-refractivity contribution in [3.63, 3.8) is 0 Å². The Morgan fingerprint density at radius 2 is 1.71 bits per heavy atom. The second-order valence-corrected chi connectivity index (χ2v) is 6.13. The molecule has 0 atom stereocenters. The van der Waals surface area contributed by atoms with Crippen LogP contribution in [0.15, 0.2) is 42.5 Å². The van der Waals surface area contributed by atoms with Crippen molar-refractivity contribution in [1.29, 1.82) is 0 Å². The van der Waals surface area contributed by atoms with Gasteiger partial charge in [0.25, 0.3) is 11.8 Å². The van der Waals surface area contributed by atoms with Crippen LogP contribution in [0.5, 0.6) is 11.5 Å². The van der Waals surface area contributed by atoms with E-state index in [0.29, 0.717) is 35.6 Å². The highest BCUT2D eigenvalue weighted by molar-refractivity contribution is 5.97. The molecule has 1 aliphatic rings. The van der Waals surface area contributed by atoms with Gasteiger partial charge >= 0.3 is 0 Å². The Bertz CT molecular complexity index is 897. The minimum absolute atomic E-state index is 0.133. The number of benzene rings is 2. The highest BCUT2D eigenvalue weighted by Crippen LogP contribution is 2.32. The minimum Gasteiger partial charge on any atom is -0.454 e. The highest BCUT2D eigenvalue weighted by Gasteiger charge is 2.16. The quantitative estimate of drug-likeness (QED) is 0.658. The summed E-state index contributed by atoms with van der Waals surface area (Å²) in [6.45, 7) is 0.399. The maximum Gasteiger partial charge on any atom is 0.251 e. The third kappa shape index (κ3) is 4.79. The zero-order chi connectivity index (χ0) is 19.9. The smallest absolute Gasteiger partial charge is 0.251 e. The van der Waals surface area contributed by atoms with E-state index in [1.807, 2.05) is 6.07 Å². The zero-order valence-electron chi connectivity index (χ0n) is 15.4. The molecule has 3 rings (SSSR count).